The van der Waals surface area contributed by atoms with Crippen molar-refractivity contribution in [2.75, 3.05) is 12.6 Å². The van der Waals surface area contributed by atoms with E-state index in [1.54, 1.807) is 48.5 Å². The number of benzene rings is 2. The Kier molecular flexibility index (Phi) is 5.95. The molecule has 1 amide bonds. The maximum atomic E-state index is 15.6. The topological polar surface area (TPSA) is 66.5 Å². The minimum absolute atomic E-state index is 0.0540. The third-order valence-corrected chi connectivity index (χ3v) is 8.66. The second-order valence-electron chi connectivity index (χ2n) is 9.99. The number of carbonyl (C=O) groups is 1. The number of carbonyl (C=O) groups excluding carboxylic acids is 1. The van der Waals surface area contributed by atoms with E-state index >= 15 is 4.39 Å². The molecule has 1 spiro atoms. The monoisotopic (exact) mass is 510 g/mol. The lowest BCUT2D eigenvalue weighted by Gasteiger charge is -2.31. The van der Waals surface area contributed by atoms with Crippen molar-refractivity contribution in [2.45, 2.75) is 50.6 Å². The first-order chi connectivity index (χ1) is 16.6. The molecule has 0 aromatic heterocycles. The van der Waals surface area contributed by atoms with Crippen molar-refractivity contribution < 1.29 is 30.8 Å². The van der Waals surface area contributed by atoms with E-state index < -0.39 is 57.1 Å². The van der Waals surface area contributed by atoms with Crippen LogP contribution in [0.3, 0.4) is 0 Å². The van der Waals surface area contributed by atoms with Crippen LogP contribution in [0.5, 0.6) is 0 Å². The second-order valence-corrected chi connectivity index (χ2v) is 11.7. The Morgan fingerprint density at radius 2 is 1.74 bits per heavy atom. The van der Waals surface area contributed by atoms with Crippen molar-refractivity contribution in [2.24, 2.45) is 10.8 Å². The lowest BCUT2D eigenvalue weighted by Crippen LogP contribution is -2.51. The molecule has 1 heterocycles. The third-order valence-electron chi connectivity index (χ3n) is 7.76. The van der Waals surface area contributed by atoms with Gasteiger partial charge in [0.15, 0.2) is 0 Å². The lowest BCUT2D eigenvalue weighted by atomic mass is 9.91. The zero-order chi connectivity index (χ0) is 25.0. The van der Waals surface area contributed by atoms with Gasteiger partial charge < -0.3 is 4.90 Å². The van der Waals surface area contributed by atoms with Crippen LogP contribution in [0.2, 0.25) is 0 Å². The molecule has 10 heteroatoms. The Morgan fingerprint density at radius 1 is 1.06 bits per heavy atom. The number of alkyl halides is 3. The van der Waals surface area contributed by atoms with Gasteiger partial charge >= 0.3 is 0 Å². The molecular formula is C25H26F4N2O3S. The van der Waals surface area contributed by atoms with Crippen molar-refractivity contribution in [3.8, 4) is 11.1 Å². The van der Waals surface area contributed by atoms with Crippen LogP contribution >= 0.6 is 0 Å². The molecule has 2 aliphatic carbocycles. The molecule has 2 saturated carbocycles. The van der Waals surface area contributed by atoms with Crippen molar-refractivity contribution >= 4 is 15.9 Å². The number of likely N-dealkylation sites (tertiary alicyclic amines) is 1. The maximum absolute atomic E-state index is 15.6. The van der Waals surface area contributed by atoms with Crippen LogP contribution in [0.25, 0.3) is 11.1 Å². The van der Waals surface area contributed by atoms with Crippen LogP contribution in [-0.2, 0) is 21.2 Å². The van der Waals surface area contributed by atoms with Crippen LogP contribution in [0.15, 0.2) is 48.5 Å². The maximum Gasteiger partial charge on any atom is 0.252 e. The van der Waals surface area contributed by atoms with E-state index in [9.17, 15) is 26.4 Å². The van der Waals surface area contributed by atoms with E-state index in [2.05, 4.69) is 4.72 Å². The van der Waals surface area contributed by atoms with Gasteiger partial charge in [-0.15, -0.1) is 0 Å². The fourth-order valence-electron chi connectivity index (χ4n) is 5.40. The van der Waals surface area contributed by atoms with Crippen LogP contribution in [0.4, 0.5) is 17.6 Å². The van der Waals surface area contributed by atoms with Crippen LogP contribution < -0.4 is 4.72 Å². The zero-order valence-corrected chi connectivity index (χ0v) is 19.7. The van der Waals surface area contributed by atoms with Gasteiger partial charge in [0.1, 0.15) is 11.2 Å². The molecule has 2 atom stereocenters. The van der Waals surface area contributed by atoms with Crippen molar-refractivity contribution in [1.82, 2.24) is 9.62 Å². The van der Waals surface area contributed by atoms with E-state index in [1.165, 1.54) is 4.90 Å². The van der Waals surface area contributed by atoms with Crippen LogP contribution in [-0.4, -0.2) is 50.3 Å². The number of rotatable bonds is 8. The van der Waals surface area contributed by atoms with Gasteiger partial charge in [-0.2, -0.15) is 0 Å². The summed E-state index contributed by atoms with van der Waals surface area (Å²) in [5, 5.41) is 0. The van der Waals surface area contributed by atoms with Gasteiger partial charge in [-0.1, -0.05) is 48.5 Å². The Morgan fingerprint density at radius 3 is 2.31 bits per heavy atom. The molecule has 0 radical (unpaired) electrons. The Bertz CT molecular complexity index is 1230. The number of hydrogen-bond acceptors (Lipinski definition) is 3. The Hall–Kier alpha value is -2.46. The first kappa shape index (κ1) is 24.2. The Balaban J connectivity index is 1.53. The average molecular weight is 511 g/mol. The number of nitrogens with zero attached hydrogens (tertiary/aromatic N) is 1. The molecule has 1 N–H and O–H groups in total. The zero-order valence-electron chi connectivity index (χ0n) is 18.9. The Labute approximate surface area is 201 Å². The summed E-state index contributed by atoms with van der Waals surface area (Å²) >= 11 is 0. The molecule has 2 aromatic rings. The standard InChI is InChI=1S/C25H26F4N2O3S/c26-15-35(33,34)30-21-19(13-17-7-4-8-18(20(17)27)16-5-2-1-3-6-16)31(14-24(21)9-10-24)23(32)25(11-12-25)22(28)29/h1-8,19,21-22,30H,9-15H2. The highest BCUT2D eigenvalue weighted by Gasteiger charge is 2.66. The summed E-state index contributed by atoms with van der Waals surface area (Å²) < 4.78 is 83.2. The molecule has 35 heavy (non-hydrogen) atoms. The predicted molar refractivity (Wildman–Crippen MR) is 122 cm³/mol. The largest absolute Gasteiger partial charge is 0.336 e. The molecular weight excluding hydrogens is 484 g/mol. The van der Waals surface area contributed by atoms with Crippen molar-refractivity contribution in [3.05, 3.63) is 59.9 Å². The summed E-state index contributed by atoms with van der Waals surface area (Å²) in [7, 11) is -4.30. The van der Waals surface area contributed by atoms with Gasteiger partial charge in [-0.3, -0.25) is 4.79 Å². The summed E-state index contributed by atoms with van der Waals surface area (Å²) in [4.78, 5) is 14.7. The van der Waals surface area contributed by atoms with Crippen molar-refractivity contribution in [1.29, 1.82) is 0 Å². The summed E-state index contributed by atoms with van der Waals surface area (Å²) in [5.41, 5.74) is -1.21. The van der Waals surface area contributed by atoms with Gasteiger partial charge in [0.2, 0.25) is 21.9 Å². The highest BCUT2D eigenvalue weighted by Crippen LogP contribution is 2.59. The van der Waals surface area contributed by atoms with E-state index in [-0.39, 0.29) is 31.4 Å². The average Bonchev–Trinajstić information content (AvgIpc) is 3.76. The normalized spacial score (nSPS) is 24.2. The van der Waals surface area contributed by atoms with Gasteiger partial charge in [-0.05, 0) is 43.2 Å². The van der Waals surface area contributed by atoms with E-state index in [0.29, 0.717) is 24.0 Å². The van der Waals surface area contributed by atoms with E-state index in [1.807, 2.05) is 0 Å². The summed E-state index contributed by atoms with van der Waals surface area (Å²) in [6.07, 6.45) is -1.68. The molecule has 5 rings (SSSR count). The van der Waals surface area contributed by atoms with Gasteiger partial charge in [0.05, 0.1) is 6.04 Å². The lowest BCUT2D eigenvalue weighted by molar-refractivity contribution is -0.144. The quantitative estimate of drug-likeness (QED) is 0.539. The first-order valence-electron chi connectivity index (χ1n) is 11.6. The summed E-state index contributed by atoms with van der Waals surface area (Å²) in [6.45, 7) is 0.0877. The fraction of sp³-hybridized carbons (Fsp3) is 0.480. The molecule has 1 aliphatic heterocycles. The minimum atomic E-state index is -4.30. The smallest absolute Gasteiger partial charge is 0.252 e. The van der Waals surface area contributed by atoms with E-state index in [4.69, 9.17) is 0 Å². The molecule has 0 bridgehead atoms. The first-order valence-corrected chi connectivity index (χ1v) is 13.3. The predicted octanol–water partition coefficient (Wildman–Crippen LogP) is 4.29. The number of hydrogen-bond donors (Lipinski definition) is 1. The van der Waals surface area contributed by atoms with Gasteiger partial charge in [-0.25, -0.2) is 30.7 Å². The number of sulfonamides is 1. The molecule has 188 valence electrons. The fourth-order valence-corrected chi connectivity index (χ4v) is 6.26. The van der Waals surface area contributed by atoms with Crippen LogP contribution in [0.1, 0.15) is 31.2 Å². The highest BCUT2D eigenvalue weighted by molar-refractivity contribution is 7.89. The van der Waals surface area contributed by atoms with E-state index in [0.717, 1.165) is 0 Å². The molecule has 3 fully saturated rings. The molecule has 2 unspecified atom stereocenters. The number of halogens is 4. The number of nitrogens with one attached hydrogen (secondary N) is 1. The minimum Gasteiger partial charge on any atom is -0.336 e. The third kappa shape index (κ3) is 4.24. The number of amides is 1. The molecule has 3 aliphatic rings. The molecule has 1 saturated heterocycles. The van der Waals surface area contributed by atoms with Crippen LogP contribution in [0, 0.1) is 16.6 Å². The highest BCUT2D eigenvalue weighted by atomic mass is 32.2. The molecule has 2 aromatic carbocycles. The molecule has 5 nitrogen and oxygen atoms in total. The summed E-state index contributed by atoms with van der Waals surface area (Å²) in [5.74, 6) is -1.25. The van der Waals surface area contributed by atoms with Gasteiger partial charge in [0, 0.05) is 23.6 Å². The summed E-state index contributed by atoms with van der Waals surface area (Å²) in [6, 6.07) is 10.2. The van der Waals surface area contributed by atoms with Crippen molar-refractivity contribution in [3.63, 3.8) is 0 Å². The SMILES string of the molecule is O=C(N1CC2(CC2)C(NS(=O)(=O)CF)C1Cc1cccc(-c2ccccc2)c1F)C1(C(F)F)CC1. The second kappa shape index (κ2) is 8.58. The van der Waals surface area contributed by atoms with Gasteiger partial charge in [0.25, 0.3) is 6.43 Å².